The second kappa shape index (κ2) is 5.76. The predicted molar refractivity (Wildman–Crippen MR) is 77.9 cm³/mol. The van der Waals surface area contributed by atoms with Crippen LogP contribution in [-0.2, 0) is 6.54 Å². The van der Waals surface area contributed by atoms with E-state index in [1.165, 1.54) is 0 Å². The molecular weight excluding hydrogens is 321 g/mol. The molecule has 4 heteroatoms. The number of rotatable bonds is 3. The minimum Gasteiger partial charge on any atom is -0.381 e. The molecule has 0 saturated carbocycles. The largest absolute Gasteiger partial charge is 0.381 e. The van der Waals surface area contributed by atoms with Gasteiger partial charge in [0.1, 0.15) is 0 Å². The molecule has 2 rings (SSSR count). The summed E-state index contributed by atoms with van der Waals surface area (Å²) in [6.07, 6.45) is 0. The lowest BCUT2D eigenvalue weighted by molar-refractivity contribution is 1.15. The van der Waals surface area contributed by atoms with E-state index >= 15 is 0 Å². The monoisotopic (exact) mass is 329 g/mol. The van der Waals surface area contributed by atoms with E-state index in [1.807, 2.05) is 36.4 Å². The zero-order valence-corrected chi connectivity index (χ0v) is 12.0. The Kier molecular flexibility index (Phi) is 4.32. The highest BCUT2D eigenvalue weighted by Gasteiger charge is 2.01. The predicted octanol–water partition coefficient (Wildman–Crippen LogP) is 5.37. The van der Waals surface area contributed by atoms with E-state index in [9.17, 15) is 0 Å². The van der Waals surface area contributed by atoms with Gasteiger partial charge in [-0.3, -0.25) is 0 Å². The molecule has 0 saturated heterocycles. The third-order valence-corrected chi connectivity index (χ3v) is 3.41. The Morgan fingerprint density at radius 2 is 1.88 bits per heavy atom. The van der Waals surface area contributed by atoms with Crippen molar-refractivity contribution in [3.05, 3.63) is 62.5 Å². The van der Waals surface area contributed by atoms with Gasteiger partial charge >= 0.3 is 0 Å². The van der Waals surface area contributed by atoms with Gasteiger partial charge in [-0.05, 0) is 42.0 Å². The summed E-state index contributed by atoms with van der Waals surface area (Å²) in [6.45, 7) is 0.649. The molecular formula is C13H10BrCl2N. The molecule has 2 aromatic rings. The van der Waals surface area contributed by atoms with Crippen molar-refractivity contribution in [1.82, 2.24) is 0 Å². The van der Waals surface area contributed by atoms with Crippen LogP contribution in [0.5, 0.6) is 0 Å². The zero-order valence-electron chi connectivity index (χ0n) is 8.88. The summed E-state index contributed by atoms with van der Waals surface area (Å²) in [5, 5.41) is 4.71. The van der Waals surface area contributed by atoms with Crippen LogP contribution < -0.4 is 5.32 Å². The summed E-state index contributed by atoms with van der Waals surface area (Å²) in [6, 6.07) is 13.4. The number of benzene rings is 2. The van der Waals surface area contributed by atoms with Crippen molar-refractivity contribution in [3.63, 3.8) is 0 Å². The van der Waals surface area contributed by atoms with Crippen molar-refractivity contribution in [2.75, 3.05) is 5.32 Å². The molecule has 0 aliphatic carbocycles. The Morgan fingerprint density at radius 1 is 1.06 bits per heavy atom. The van der Waals surface area contributed by atoms with Crippen LogP contribution >= 0.6 is 39.1 Å². The van der Waals surface area contributed by atoms with Gasteiger partial charge in [-0.1, -0.05) is 45.2 Å². The molecule has 0 amide bonds. The maximum absolute atomic E-state index is 6.09. The van der Waals surface area contributed by atoms with Crippen molar-refractivity contribution in [1.29, 1.82) is 0 Å². The van der Waals surface area contributed by atoms with Crippen LogP contribution in [-0.4, -0.2) is 0 Å². The van der Waals surface area contributed by atoms with Crippen LogP contribution in [0, 0.1) is 0 Å². The first kappa shape index (κ1) is 12.7. The van der Waals surface area contributed by atoms with Gasteiger partial charge in [-0.15, -0.1) is 0 Å². The van der Waals surface area contributed by atoms with E-state index in [1.54, 1.807) is 6.07 Å². The summed E-state index contributed by atoms with van der Waals surface area (Å²) in [7, 11) is 0. The first-order valence-electron chi connectivity index (χ1n) is 5.08. The lowest BCUT2D eigenvalue weighted by Gasteiger charge is -2.08. The third kappa shape index (κ3) is 3.63. The molecule has 88 valence electrons. The molecule has 1 nitrogen and oxygen atoms in total. The molecule has 17 heavy (non-hydrogen) atoms. The van der Waals surface area contributed by atoms with Gasteiger partial charge < -0.3 is 5.32 Å². The summed E-state index contributed by atoms with van der Waals surface area (Å²) >= 11 is 15.4. The van der Waals surface area contributed by atoms with E-state index in [0.717, 1.165) is 20.7 Å². The first-order chi connectivity index (χ1) is 8.15. The molecule has 0 unspecified atom stereocenters. The van der Waals surface area contributed by atoms with E-state index in [-0.39, 0.29) is 0 Å². The number of hydrogen-bond acceptors (Lipinski definition) is 1. The molecule has 0 aromatic heterocycles. The van der Waals surface area contributed by atoms with Crippen molar-refractivity contribution in [2.24, 2.45) is 0 Å². The Balaban J connectivity index is 2.09. The van der Waals surface area contributed by atoms with Crippen LogP contribution in [0.2, 0.25) is 10.0 Å². The quantitative estimate of drug-likeness (QED) is 0.797. The number of anilines is 1. The fraction of sp³-hybridized carbons (Fsp3) is 0.0769. The smallest absolute Gasteiger partial charge is 0.0456 e. The van der Waals surface area contributed by atoms with Gasteiger partial charge in [0, 0.05) is 26.8 Å². The molecule has 0 fully saturated rings. The summed E-state index contributed by atoms with van der Waals surface area (Å²) in [4.78, 5) is 0. The van der Waals surface area contributed by atoms with Gasteiger partial charge in [-0.25, -0.2) is 0 Å². The maximum Gasteiger partial charge on any atom is 0.0456 e. The van der Waals surface area contributed by atoms with Crippen LogP contribution in [0.1, 0.15) is 5.56 Å². The highest BCUT2D eigenvalue weighted by atomic mass is 79.9. The van der Waals surface area contributed by atoms with Crippen molar-refractivity contribution in [3.8, 4) is 0 Å². The Bertz CT molecular complexity index is 529. The molecule has 0 bridgehead atoms. The second-order valence-electron chi connectivity index (χ2n) is 3.60. The van der Waals surface area contributed by atoms with Crippen molar-refractivity contribution >= 4 is 44.8 Å². The number of hydrogen-bond donors (Lipinski definition) is 1. The summed E-state index contributed by atoms with van der Waals surface area (Å²) < 4.78 is 1.04. The first-order valence-corrected chi connectivity index (χ1v) is 6.63. The molecule has 0 aliphatic heterocycles. The van der Waals surface area contributed by atoms with Crippen LogP contribution in [0.3, 0.4) is 0 Å². The van der Waals surface area contributed by atoms with Gasteiger partial charge in [0.05, 0.1) is 0 Å². The average molecular weight is 331 g/mol. The zero-order chi connectivity index (χ0) is 12.3. The van der Waals surface area contributed by atoms with E-state index in [4.69, 9.17) is 23.2 Å². The molecule has 0 atom stereocenters. The van der Waals surface area contributed by atoms with Crippen LogP contribution in [0.15, 0.2) is 46.9 Å². The average Bonchev–Trinajstić information content (AvgIpc) is 2.30. The lowest BCUT2D eigenvalue weighted by Crippen LogP contribution is -1.99. The minimum atomic E-state index is 0.649. The van der Waals surface area contributed by atoms with Gasteiger partial charge in [0.15, 0.2) is 0 Å². The number of nitrogens with one attached hydrogen (secondary N) is 1. The summed E-state index contributed by atoms with van der Waals surface area (Å²) in [5.41, 5.74) is 2.02. The van der Waals surface area contributed by atoms with E-state index < -0.39 is 0 Å². The fourth-order valence-electron chi connectivity index (χ4n) is 1.47. The molecule has 0 aliphatic rings. The molecule has 0 spiro atoms. The summed E-state index contributed by atoms with van der Waals surface area (Å²) in [5.74, 6) is 0. The highest BCUT2D eigenvalue weighted by Crippen LogP contribution is 2.22. The van der Waals surface area contributed by atoms with Gasteiger partial charge in [-0.2, -0.15) is 0 Å². The number of halogens is 3. The van der Waals surface area contributed by atoms with Crippen molar-refractivity contribution in [2.45, 2.75) is 6.54 Å². The molecule has 1 N–H and O–H groups in total. The van der Waals surface area contributed by atoms with Gasteiger partial charge in [0.2, 0.25) is 0 Å². The molecule has 0 heterocycles. The van der Waals surface area contributed by atoms with E-state index in [0.29, 0.717) is 11.6 Å². The normalized spacial score (nSPS) is 10.3. The van der Waals surface area contributed by atoms with Crippen LogP contribution in [0.4, 0.5) is 5.69 Å². The SMILES string of the molecule is Clc1ccc(Cl)c(CNc2cccc(Br)c2)c1. The topological polar surface area (TPSA) is 12.0 Å². The molecule has 0 radical (unpaired) electrons. The van der Waals surface area contributed by atoms with Gasteiger partial charge in [0.25, 0.3) is 0 Å². The maximum atomic E-state index is 6.09. The van der Waals surface area contributed by atoms with Crippen molar-refractivity contribution < 1.29 is 0 Å². The van der Waals surface area contributed by atoms with E-state index in [2.05, 4.69) is 21.2 Å². The highest BCUT2D eigenvalue weighted by molar-refractivity contribution is 9.10. The standard InChI is InChI=1S/C13H10BrCl2N/c14-10-2-1-3-12(7-10)17-8-9-6-11(15)4-5-13(9)16/h1-7,17H,8H2. The Morgan fingerprint density at radius 3 is 2.65 bits per heavy atom. The molecule has 2 aromatic carbocycles. The second-order valence-corrected chi connectivity index (χ2v) is 5.36. The fourth-order valence-corrected chi connectivity index (χ4v) is 2.25. The Labute approximate surface area is 119 Å². The lowest BCUT2D eigenvalue weighted by atomic mass is 10.2. The van der Waals surface area contributed by atoms with Crippen LogP contribution in [0.25, 0.3) is 0 Å². The Hall–Kier alpha value is -0.700. The third-order valence-electron chi connectivity index (χ3n) is 2.32. The minimum absolute atomic E-state index is 0.649.